The van der Waals surface area contributed by atoms with Crippen LogP contribution in [0.15, 0.2) is 54.6 Å². The van der Waals surface area contributed by atoms with Crippen LogP contribution in [0, 0.1) is 0 Å². The standard InChI is InChI=1S/C16H18O2/c1-2-12-18-16(13-6-4-3-5-7-13)14-8-10-15(17)11-9-14/h3-11,16-17H,2,12H2,1H3. The van der Waals surface area contributed by atoms with E-state index in [-0.39, 0.29) is 11.9 Å². The van der Waals surface area contributed by atoms with E-state index in [0.717, 1.165) is 24.2 Å². The third kappa shape index (κ3) is 3.11. The van der Waals surface area contributed by atoms with Gasteiger partial charge in [0.05, 0.1) is 0 Å². The number of ether oxygens (including phenoxy) is 1. The molecule has 2 heteroatoms. The minimum atomic E-state index is -0.0632. The lowest BCUT2D eigenvalue weighted by Gasteiger charge is -2.18. The number of hydrogen-bond donors (Lipinski definition) is 1. The van der Waals surface area contributed by atoms with Crippen LogP contribution in [0.1, 0.15) is 30.6 Å². The molecule has 0 saturated carbocycles. The number of hydrogen-bond acceptors (Lipinski definition) is 2. The van der Waals surface area contributed by atoms with E-state index in [4.69, 9.17) is 4.74 Å². The Kier molecular flexibility index (Phi) is 4.37. The minimum absolute atomic E-state index is 0.0632. The molecular weight excluding hydrogens is 224 g/mol. The number of phenols is 1. The molecule has 0 aromatic heterocycles. The van der Waals surface area contributed by atoms with Gasteiger partial charge in [0, 0.05) is 6.61 Å². The normalized spacial score (nSPS) is 12.3. The summed E-state index contributed by atoms with van der Waals surface area (Å²) in [5.74, 6) is 0.279. The number of rotatable bonds is 5. The van der Waals surface area contributed by atoms with Crippen molar-refractivity contribution in [2.75, 3.05) is 6.61 Å². The molecule has 2 rings (SSSR count). The van der Waals surface area contributed by atoms with Gasteiger partial charge in [-0.3, -0.25) is 0 Å². The summed E-state index contributed by atoms with van der Waals surface area (Å²) in [6.45, 7) is 2.82. The smallest absolute Gasteiger partial charge is 0.115 e. The molecule has 1 unspecified atom stereocenters. The lowest BCUT2D eigenvalue weighted by Crippen LogP contribution is -2.06. The van der Waals surface area contributed by atoms with Crippen molar-refractivity contribution in [2.45, 2.75) is 19.4 Å². The topological polar surface area (TPSA) is 29.5 Å². The van der Waals surface area contributed by atoms with Gasteiger partial charge in [0.25, 0.3) is 0 Å². The second-order valence-electron chi connectivity index (χ2n) is 4.25. The average Bonchev–Trinajstić information content (AvgIpc) is 2.42. The first-order valence-corrected chi connectivity index (χ1v) is 6.26. The van der Waals surface area contributed by atoms with Crippen molar-refractivity contribution in [3.05, 3.63) is 65.7 Å². The van der Waals surface area contributed by atoms with E-state index in [1.54, 1.807) is 12.1 Å². The van der Waals surface area contributed by atoms with Gasteiger partial charge < -0.3 is 9.84 Å². The third-order valence-corrected chi connectivity index (χ3v) is 2.79. The fraction of sp³-hybridized carbons (Fsp3) is 0.250. The Morgan fingerprint density at radius 2 is 1.56 bits per heavy atom. The van der Waals surface area contributed by atoms with Gasteiger partial charge >= 0.3 is 0 Å². The molecule has 0 bridgehead atoms. The summed E-state index contributed by atoms with van der Waals surface area (Å²) < 4.78 is 5.92. The van der Waals surface area contributed by atoms with Gasteiger partial charge in [0.15, 0.2) is 0 Å². The van der Waals surface area contributed by atoms with Crippen LogP contribution in [0.3, 0.4) is 0 Å². The highest BCUT2D eigenvalue weighted by Crippen LogP contribution is 2.27. The number of phenolic OH excluding ortho intramolecular Hbond substituents is 1. The minimum Gasteiger partial charge on any atom is -0.508 e. The fourth-order valence-electron chi connectivity index (χ4n) is 1.90. The van der Waals surface area contributed by atoms with Crippen molar-refractivity contribution in [3.8, 4) is 5.75 Å². The summed E-state index contributed by atoms with van der Waals surface area (Å²) in [6.07, 6.45) is 0.924. The highest BCUT2D eigenvalue weighted by Gasteiger charge is 2.13. The van der Waals surface area contributed by atoms with Crippen molar-refractivity contribution in [2.24, 2.45) is 0 Å². The maximum atomic E-state index is 9.34. The van der Waals surface area contributed by atoms with Gasteiger partial charge in [-0.1, -0.05) is 49.4 Å². The van der Waals surface area contributed by atoms with Crippen LogP contribution in [0.2, 0.25) is 0 Å². The van der Waals surface area contributed by atoms with Gasteiger partial charge in [-0.2, -0.15) is 0 Å². The van der Waals surface area contributed by atoms with Crippen LogP contribution in [0.4, 0.5) is 0 Å². The van der Waals surface area contributed by atoms with Gasteiger partial charge in [-0.15, -0.1) is 0 Å². The van der Waals surface area contributed by atoms with Crippen LogP contribution in [-0.4, -0.2) is 11.7 Å². The molecule has 0 spiro atoms. The average molecular weight is 242 g/mol. The molecule has 1 N–H and O–H groups in total. The molecule has 0 fully saturated rings. The Morgan fingerprint density at radius 1 is 0.944 bits per heavy atom. The molecule has 0 amide bonds. The van der Waals surface area contributed by atoms with Gasteiger partial charge in [0.1, 0.15) is 11.9 Å². The number of aromatic hydroxyl groups is 1. The van der Waals surface area contributed by atoms with Crippen molar-refractivity contribution < 1.29 is 9.84 Å². The predicted molar refractivity (Wildman–Crippen MR) is 72.6 cm³/mol. The SMILES string of the molecule is CCCOC(c1ccccc1)c1ccc(O)cc1. The quantitative estimate of drug-likeness (QED) is 0.861. The Bertz CT molecular complexity index is 462. The van der Waals surface area contributed by atoms with Crippen molar-refractivity contribution >= 4 is 0 Å². The molecule has 0 radical (unpaired) electrons. The van der Waals surface area contributed by atoms with Crippen LogP contribution in [-0.2, 0) is 4.74 Å². The Labute approximate surface area is 108 Å². The zero-order valence-electron chi connectivity index (χ0n) is 10.5. The Balaban J connectivity index is 2.27. The zero-order chi connectivity index (χ0) is 12.8. The number of benzene rings is 2. The van der Waals surface area contributed by atoms with Crippen LogP contribution in [0.5, 0.6) is 5.75 Å². The van der Waals surface area contributed by atoms with Gasteiger partial charge in [-0.05, 0) is 29.7 Å². The van der Waals surface area contributed by atoms with Crippen molar-refractivity contribution in [1.82, 2.24) is 0 Å². The lowest BCUT2D eigenvalue weighted by atomic mass is 10.0. The summed E-state index contributed by atoms with van der Waals surface area (Å²) in [4.78, 5) is 0. The first kappa shape index (κ1) is 12.7. The summed E-state index contributed by atoms with van der Waals surface area (Å²) in [7, 11) is 0. The fourth-order valence-corrected chi connectivity index (χ4v) is 1.90. The zero-order valence-corrected chi connectivity index (χ0v) is 10.5. The second-order valence-corrected chi connectivity index (χ2v) is 4.25. The van der Waals surface area contributed by atoms with E-state index in [9.17, 15) is 5.11 Å². The maximum Gasteiger partial charge on any atom is 0.115 e. The summed E-state index contributed by atoms with van der Waals surface area (Å²) in [6, 6.07) is 17.3. The molecular formula is C16H18O2. The van der Waals surface area contributed by atoms with E-state index >= 15 is 0 Å². The van der Waals surface area contributed by atoms with E-state index in [1.165, 1.54) is 0 Å². The molecule has 0 heterocycles. The monoisotopic (exact) mass is 242 g/mol. The van der Waals surface area contributed by atoms with Crippen molar-refractivity contribution in [3.63, 3.8) is 0 Å². The molecule has 1 atom stereocenters. The van der Waals surface area contributed by atoms with E-state index in [2.05, 4.69) is 19.1 Å². The van der Waals surface area contributed by atoms with Crippen LogP contribution in [0.25, 0.3) is 0 Å². The molecule has 0 aliphatic carbocycles. The first-order valence-electron chi connectivity index (χ1n) is 6.26. The first-order chi connectivity index (χ1) is 8.81. The van der Waals surface area contributed by atoms with E-state index in [1.807, 2.05) is 30.3 Å². The lowest BCUT2D eigenvalue weighted by molar-refractivity contribution is 0.0806. The molecule has 2 aromatic rings. The molecule has 94 valence electrons. The molecule has 0 aliphatic rings. The van der Waals surface area contributed by atoms with Gasteiger partial charge in [0.2, 0.25) is 0 Å². The van der Waals surface area contributed by atoms with Crippen LogP contribution < -0.4 is 0 Å². The van der Waals surface area contributed by atoms with E-state index in [0.29, 0.717) is 0 Å². The second kappa shape index (κ2) is 6.22. The Hall–Kier alpha value is -1.80. The molecule has 0 saturated heterocycles. The largest absolute Gasteiger partial charge is 0.508 e. The van der Waals surface area contributed by atoms with Gasteiger partial charge in [-0.25, -0.2) is 0 Å². The summed E-state index contributed by atoms with van der Waals surface area (Å²) in [5.41, 5.74) is 2.20. The predicted octanol–water partition coefficient (Wildman–Crippen LogP) is 3.91. The highest BCUT2D eigenvalue weighted by atomic mass is 16.5. The van der Waals surface area contributed by atoms with E-state index < -0.39 is 0 Å². The maximum absolute atomic E-state index is 9.34. The summed E-state index contributed by atoms with van der Waals surface area (Å²) in [5, 5.41) is 9.34. The molecule has 2 aromatic carbocycles. The highest BCUT2D eigenvalue weighted by molar-refractivity contribution is 5.33. The summed E-state index contributed by atoms with van der Waals surface area (Å²) >= 11 is 0. The van der Waals surface area contributed by atoms with Crippen LogP contribution >= 0.6 is 0 Å². The molecule has 0 aliphatic heterocycles. The molecule has 18 heavy (non-hydrogen) atoms. The van der Waals surface area contributed by atoms with Crippen molar-refractivity contribution in [1.29, 1.82) is 0 Å². The molecule has 2 nitrogen and oxygen atoms in total. The Morgan fingerprint density at radius 3 is 2.17 bits per heavy atom. The third-order valence-electron chi connectivity index (χ3n) is 2.79.